The molecule has 0 atom stereocenters. The third kappa shape index (κ3) is 3.96. The molecule has 0 aliphatic heterocycles. The van der Waals surface area contributed by atoms with Crippen molar-refractivity contribution in [3.8, 4) is 0 Å². The largest absolute Gasteiger partial charge is 0.459 e. The number of aromatic nitrogens is 1. The Bertz CT molecular complexity index is 665. The first-order valence-electron chi connectivity index (χ1n) is 5.90. The fourth-order valence-electron chi connectivity index (χ4n) is 1.60. The first-order chi connectivity index (χ1) is 9.54. The van der Waals surface area contributed by atoms with E-state index in [0.717, 1.165) is 10.0 Å². The summed E-state index contributed by atoms with van der Waals surface area (Å²) >= 11 is 3.33. The van der Waals surface area contributed by atoms with Crippen molar-refractivity contribution in [3.05, 3.63) is 63.0 Å². The smallest absolute Gasteiger partial charge is 0.326 e. The van der Waals surface area contributed by atoms with E-state index in [9.17, 15) is 9.59 Å². The Morgan fingerprint density at radius 2 is 1.90 bits per heavy atom. The molecule has 0 unspecified atom stereocenters. The number of nitrogens with two attached hydrogens (primary N) is 1. The second kappa shape index (κ2) is 6.38. The minimum absolute atomic E-state index is 0.152. The van der Waals surface area contributed by atoms with Crippen molar-refractivity contribution in [2.45, 2.75) is 13.2 Å². The third-order valence-corrected chi connectivity index (χ3v) is 3.15. The minimum Gasteiger partial charge on any atom is -0.459 e. The van der Waals surface area contributed by atoms with Crippen molar-refractivity contribution in [3.63, 3.8) is 0 Å². The van der Waals surface area contributed by atoms with Gasteiger partial charge in [-0.3, -0.25) is 9.59 Å². The topological polar surface area (TPSA) is 74.3 Å². The average molecular weight is 337 g/mol. The van der Waals surface area contributed by atoms with Gasteiger partial charge in [-0.1, -0.05) is 28.1 Å². The summed E-state index contributed by atoms with van der Waals surface area (Å²) in [4.78, 5) is 23.2. The van der Waals surface area contributed by atoms with Crippen molar-refractivity contribution in [2.24, 2.45) is 0 Å². The third-order valence-electron chi connectivity index (χ3n) is 2.62. The molecule has 0 bridgehead atoms. The number of carbonyl (C=O) groups excluding carboxylic acids is 1. The highest BCUT2D eigenvalue weighted by Crippen LogP contribution is 2.11. The van der Waals surface area contributed by atoms with Crippen LogP contribution in [0.3, 0.4) is 0 Å². The van der Waals surface area contributed by atoms with Gasteiger partial charge in [0.05, 0.1) is 0 Å². The summed E-state index contributed by atoms with van der Waals surface area (Å²) in [5.74, 6) is -0.486. The van der Waals surface area contributed by atoms with E-state index >= 15 is 0 Å². The molecule has 0 saturated heterocycles. The predicted molar refractivity (Wildman–Crippen MR) is 79.1 cm³/mol. The van der Waals surface area contributed by atoms with Gasteiger partial charge in [-0.2, -0.15) is 0 Å². The summed E-state index contributed by atoms with van der Waals surface area (Å²) < 4.78 is 7.29. The van der Waals surface area contributed by atoms with Gasteiger partial charge in [0.15, 0.2) is 0 Å². The maximum Gasteiger partial charge on any atom is 0.326 e. The Morgan fingerprint density at radius 3 is 2.60 bits per heavy atom. The van der Waals surface area contributed by atoms with Gasteiger partial charge in [0, 0.05) is 22.4 Å². The minimum atomic E-state index is -0.486. The second-order valence-electron chi connectivity index (χ2n) is 4.22. The zero-order valence-electron chi connectivity index (χ0n) is 10.6. The van der Waals surface area contributed by atoms with Crippen LogP contribution in [0, 0.1) is 0 Å². The van der Waals surface area contributed by atoms with Gasteiger partial charge >= 0.3 is 5.97 Å². The molecule has 1 aromatic heterocycles. The molecule has 0 aliphatic carbocycles. The molecule has 104 valence electrons. The number of ether oxygens (including phenoxy) is 1. The number of benzene rings is 1. The van der Waals surface area contributed by atoms with E-state index in [-0.39, 0.29) is 18.7 Å². The van der Waals surface area contributed by atoms with Gasteiger partial charge in [-0.25, -0.2) is 0 Å². The Morgan fingerprint density at radius 1 is 1.20 bits per heavy atom. The molecule has 0 amide bonds. The van der Waals surface area contributed by atoms with Crippen LogP contribution in [-0.4, -0.2) is 10.5 Å². The van der Waals surface area contributed by atoms with Crippen LogP contribution in [0.1, 0.15) is 5.56 Å². The highest BCUT2D eigenvalue weighted by atomic mass is 79.9. The standard InChI is InChI=1S/C14H13BrN2O3/c15-11-3-1-10(2-4-11)9-20-14(19)8-17-7-12(16)5-6-13(17)18/h1-7H,8-9,16H2. The van der Waals surface area contributed by atoms with E-state index in [4.69, 9.17) is 10.5 Å². The summed E-state index contributed by atoms with van der Waals surface area (Å²) in [5, 5.41) is 0. The lowest BCUT2D eigenvalue weighted by atomic mass is 10.2. The highest BCUT2D eigenvalue weighted by molar-refractivity contribution is 9.10. The van der Waals surface area contributed by atoms with Crippen molar-refractivity contribution < 1.29 is 9.53 Å². The van der Waals surface area contributed by atoms with E-state index in [1.165, 1.54) is 22.9 Å². The van der Waals surface area contributed by atoms with E-state index in [2.05, 4.69) is 15.9 Å². The van der Waals surface area contributed by atoms with Gasteiger partial charge in [-0.05, 0) is 23.8 Å². The average Bonchev–Trinajstić information content (AvgIpc) is 2.42. The van der Waals surface area contributed by atoms with Crippen LogP contribution >= 0.6 is 15.9 Å². The quantitative estimate of drug-likeness (QED) is 0.866. The lowest BCUT2D eigenvalue weighted by Crippen LogP contribution is -2.24. The molecule has 6 heteroatoms. The summed E-state index contributed by atoms with van der Waals surface area (Å²) in [6.45, 7) is 0.0174. The number of nitrogens with zero attached hydrogens (tertiary/aromatic N) is 1. The van der Waals surface area contributed by atoms with E-state index < -0.39 is 5.97 Å². The molecule has 2 N–H and O–H groups in total. The van der Waals surface area contributed by atoms with Crippen LogP contribution in [0.25, 0.3) is 0 Å². The summed E-state index contributed by atoms with van der Waals surface area (Å²) in [7, 11) is 0. The molecule has 5 nitrogen and oxygen atoms in total. The summed E-state index contributed by atoms with van der Waals surface area (Å²) in [6, 6.07) is 10.2. The first kappa shape index (κ1) is 14.3. The van der Waals surface area contributed by atoms with Gasteiger partial charge < -0.3 is 15.0 Å². The molecule has 0 saturated carbocycles. The van der Waals surface area contributed by atoms with Gasteiger partial charge in [0.1, 0.15) is 13.2 Å². The van der Waals surface area contributed by atoms with Crippen LogP contribution < -0.4 is 11.3 Å². The maximum atomic E-state index is 11.7. The highest BCUT2D eigenvalue weighted by Gasteiger charge is 2.06. The Labute approximate surface area is 124 Å². The number of rotatable bonds is 4. The molecule has 20 heavy (non-hydrogen) atoms. The Balaban J connectivity index is 1.94. The molecule has 2 rings (SSSR count). The van der Waals surface area contributed by atoms with Crippen LogP contribution in [0.2, 0.25) is 0 Å². The van der Waals surface area contributed by atoms with E-state index in [1.54, 1.807) is 0 Å². The van der Waals surface area contributed by atoms with Crippen molar-refractivity contribution in [1.82, 2.24) is 4.57 Å². The lowest BCUT2D eigenvalue weighted by Gasteiger charge is -2.07. The first-order valence-corrected chi connectivity index (χ1v) is 6.70. The van der Waals surface area contributed by atoms with Crippen molar-refractivity contribution in [1.29, 1.82) is 0 Å². The fourth-order valence-corrected chi connectivity index (χ4v) is 1.87. The molecule has 1 heterocycles. The molecular formula is C14H13BrN2O3. The number of anilines is 1. The predicted octanol–water partition coefficient (Wildman–Crippen LogP) is 1.94. The monoisotopic (exact) mass is 336 g/mol. The van der Waals surface area contributed by atoms with Crippen molar-refractivity contribution in [2.75, 3.05) is 5.73 Å². The van der Waals surface area contributed by atoms with Crippen LogP contribution in [0.4, 0.5) is 5.69 Å². The number of hydrogen-bond donors (Lipinski definition) is 1. The Hall–Kier alpha value is -2.08. The van der Waals surface area contributed by atoms with Crippen LogP contribution in [0.5, 0.6) is 0 Å². The molecule has 0 fully saturated rings. The number of carbonyl (C=O) groups is 1. The van der Waals surface area contributed by atoms with Gasteiger partial charge in [0.25, 0.3) is 5.56 Å². The van der Waals surface area contributed by atoms with Crippen LogP contribution in [0.15, 0.2) is 51.9 Å². The molecule has 2 aromatic rings. The SMILES string of the molecule is Nc1ccc(=O)n(CC(=O)OCc2ccc(Br)cc2)c1. The molecular weight excluding hydrogens is 324 g/mol. The summed E-state index contributed by atoms with van der Waals surface area (Å²) in [6.07, 6.45) is 1.42. The van der Waals surface area contributed by atoms with Gasteiger partial charge in [-0.15, -0.1) is 0 Å². The van der Waals surface area contributed by atoms with Crippen molar-refractivity contribution >= 4 is 27.6 Å². The Kier molecular flexibility index (Phi) is 4.57. The van der Waals surface area contributed by atoms with Gasteiger partial charge in [0.2, 0.25) is 0 Å². The molecule has 0 spiro atoms. The number of nitrogen functional groups attached to an aromatic ring is 1. The number of esters is 1. The summed E-state index contributed by atoms with van der Waals surface area (Å²) in [5.41, 5.74) is 6.57. The normalized spacial score (nSPS) is 10.2. The van der Waals surface area contributed by atoms with Crippen LogP contribution in [-0.2, 0) is 22.7 Å². The molecule has 1 aromatic carbocycles. The van der Waals surface area contributed by atoms with E-state index in [1.807, 2.05) is 24.3 Å². The number of hydrogen-bond acceptors (Lipinski definition) is 4. The molecule has 0 radical (unpaired) electrons. The second-order valence-corrected chi connectivity index (χ2v) is 5.13. The number of pyridine rings is 1. The number of halogens is 1. The fraction of sp³-hybridized carbons (Fsp3) is 0.143. The maximum absolute atomic E-state index is 11.7. The lowest BCUT2D eigenvalue weighted by molar-refractivity contribution is -0.145. The molecule has 0 aliphatic rings. The van der Waals surface area contributed by atoms with E-state index in [0.29, 0.717) is 5.69 Å². The zero-order chi connectivity index (χ0) is 14.5. The zero-order valence-corrected chi connectivity index (χ0v) is 12.2.